The lowest BCUT2D eigenvalue weighted by molar-refractivity contribution is 0.875. The molecule has 134 valence electrons. The van der Waals surface area contributed by atoms with Gasteiger partial charge in [0.15, 0.2) is 0 Å². The summed E-state index contributed by atoms with van der Waals surface area (Å²) in [6.45, 7) is 5.95. The molecule has 0 bridgehead atoms. The molecule has 0 saturated carbocycles. The van der Waals surface area contributed by atoms with Crippen molar-refractivity contribution in [2.45, 2.75) is 25.6 Å². The first-order valence-corrected chi connectivity index (χ1v) is 8.90. The molecule has 0 atom stereocenters. The van der Waals surface area contributed by atoms with Crippen molar-refractivity contribution in [3.05, 3.63) is 88.0 Å². The van der Waals surface area contributed by atoms with E-state index in [1.807, 2.05) is 75.4 Å². The van der Waals surface area contributed by atoms with Crippen LogP contribution in [0.1, 0.15) is 33.4 Å². The first-order valence-electron chi connectivity index (χ1n) is 8.52. The fourth-order valence-corrected chi connectivity index (χ4v) is 3.52. The van der Waals surface area contributed by atoms with Gasteiger partial charge in [-0.3, -0.25) is 0 Å². The first-order chi connectivity index (χ1) is 12.2. The predicted octanol–water partition coefficient (Wildman–Crippen LogP) is 4.89. The van der Waals surface area contributed by atoms with Gasteiger partial charge in [-0.05, 0) is 72.4 Å². The summed E-state index contributed by atoms with van der Waals surface area (Å²) in [5.41, 5.74) is 26.1. The Morgan fingerprint density at radius 1 is 0.577 bits per heavy atom. The van der Waals surface area contributed by atoms with E-state index >= 15 is 0 Å². The highest BCUT2D eigenvalue weighted by Crippen LogP contribution is 2.45. The molecule has 0 aromatic heterocycles. The standard InChI is InChI=1S/C22H24ClN3/c1-13-10-16(4-7-19(13)24)22(23,17-5-8-20(25)14(2)11-17)18-6-9-21(26)15(3)12-18/h4-12H,24-26H2,1-3H3. The summed E-state index contributed by atoms with van der Waals surface area (Å²) in [7, 11) is 0. The van der Waals surface area contributed by atoms with Crippen molar-refractivity contribution in [1.29, 1.82) is 0 Å². The largest absolute Gasteiger partial charge is 0.399 e. The van der Waals surface area contributed by atoms with Crippen molar-refractivity contribution < 1.29 is 0 Å². The Morgan fingerprint density at radius 3 is 1.08 bits per heavy atom. The van der Waals surface area contributed by atoms with E-state index in [0.29, 0.717) is 0 Å². The van der Waals surface area contributed by atoms with Crippen LogP contribution in [0.2, 0.25) is 0 Å². The van der Waals surface area contributed by atoms with Crippen molar-refractivity contribution in [3.8, 4) is 0 Å². The van der Waals surface area contributed by atoms with Gasteiger partial charge in [-0.1, -0.05) is 36.4 Å². The fourth-order valence-electron chi connectivity index (χ4n) is 3.17. The summed E-state index contributed by atoms with van der Waals surface area (Å²) < 4.78 is 0. The summed E-state index contributed by atoms with van der Waals surface area (Å²) in [4.78, 5) is -0.866. The third kappa shape index (κ3) is 2.99. The van der Waals surface area contributed by atoms with Crippen LogP contribution in [0.4, 0.5) is 17.1 Å². The molecule has 0 heterocycles. The zero-order chi connectivity index (χ0) is 19.1. The average Bonchev–Trinajstić information content (AvgIpc) is 2.61. The predicted molar refractivity (Wildman–Crippen MR) is 113 cm³/mol. The van der Waals surface area contributed by atoms with Gasteiger partial charge in [-0.15, -0.1) is 11.6 Å². The molecule has 0 aliphatic carbocycles. The van der Waals surface area contributed by atoms with Crippen molar-refractivity contribution in [1.82, 2.24) is 0 Å². The molecule has 3 aromatic rings. The molecule has 0 saturated heterocycles. The van der Waals surface area contributed by atoms with E-state index in [-0.39, 0.29) is 0 Å². The number of nitrogen functional groups attached to an aromatic ring is 3. The normalized spacial score (nSPS) is 11.5. The van der Waals surface area contributed by atoms with Crippen LogP contribution in [0.5, 0.6) is 0 Å². The summed E-state index contributed by atoms with van der Waals surface area (Å²) in [5, 5.41) is 0. The van der Waals surface area contributed by atoms with Gasteiger partial charge in [0.1, 0.15) is 4.87 Å². The summed E-state index contributed by atoms with van der Waals surface area (Å²) >= 11 is 7.37. The molecule has 3 rings (SSSR count). The maximum absolute atomic E-state index is 7.37. The second-order valence-electron chi connectivity index (χ2n) is 6.87. The second-order valence-corrected chi connectivity index (χ2v) is 7.44. The summed E-state index contributed by atoms with van der Waals surface area (Å²) in [5.74, 6) is 0. The van der Waals surface area contributed by atoms with Gasteiger partial charge in [-0.2, -0.15) is 0 Å². The summed E-state index contributed by atoms with van der Waals surface area (Å²) in [6, 6.07) is 17.8. The Labute approximate surface area is 159 Å². The van der Waals surface area contributed by atoms with Crippen LogP contribution in [-0.2, 0) is 4.87 Å². The van der Waals surface area contributed by atoms with E-state index in [1.54, 1.807) is 0 Å². The van der Waals surface area contributed by atoms with Crippen LogP contribution in [0, 0.1) is 20.8 Å². The minimum atomic E-state index is -0.866. The van der Waals surface area contributed by atoms with Crippen LogP contribution in [0.25, 0.3) is 0 Å². The Kier molecular flexibility index (Phi) is 4.59. The average molecular weight is 366 g/mol. The van der Waals surface area contributed by atoms with Crippen LogP contribution in [0.15, 0.2) is 54.6 Å². The van der Waals surface area contributed by atoms with Gasteiger partial charge in [0.2, 0.25) is 0 Å². The number of alkyl halides is 1. The highest BCUT2D eigenvalue weighted by Gasteiger charge is 2.35. The number of nitrogens with two attached hydrogens (primary N) is 3. The van der Waals surface area contributed by atoms with Gasteiger partial charge in [0.05, 0.1) is 0 Å². The molecule has 0 fully saturated rings. The minimum Gasteiger partial charge on any atom is -0.399 e. The molecule has 3 nitrogen and oxygen atoms in total. The van der Waals surface area contributed by atoms with Crippen LogP contribution in [-0.4, -0.2) is 0 Å². The van der Waals surface area contributed by atoms with Crippen molar-refractivity contribution in [2.24, 2.45) is 0 Å². The number of aryl methyl sites for hydroxylation is 3. The van der Waals surface area contributed by atoms with E-state index < -0.39 is 4.87 Å². The Balaban J connectivity index is 2.31. The molecule has 0 amide bonds. The molecular formula is C22H24ClN3. The number of halogens is 1. The molecule has 0 aliphatic rings. The lowest BCUT2D eigenvalue weighted by Gasteiger charge is -2.30. The molecule has 0 unspecified atom stereocenters. The number of rotatable bonds is 3. The highest BCUT2D eigenvalue weighted by atomic mass is 35.5. The highest BCUT2D eigenvalue weighted by molar-refractivity contribution is 6.28. The van der Waals surface area contributed by atoms with Crippen LogP contribution in [0.3, 0.4) is 0 Å². The number of hydrogen-bond donors (Lipinski definition) is 3. The van der Waals surface area contributed by atoms with E-state index in [4.69, 9.17) is 28.8 Å². The van der Waals surface area contributed by atoms with Gasteiger partial charge in [-0.25, -0.2) is 0 Å². The van der Waals surface area contributed by atoms with E-state index in [0.717, 1.165) is 50.4 Å². The first kappa shape index (κ1) is 18.2. The van der Waals surface area contributed by atoms with Gasteiger partial charge in [0, 0.05) is 17.1 Å². The number of anilines is 3. The molecule has 3 aromatic carbocycles. The zero-order valence-corrected chi connectivity index (χ0v) is 16.1. The third-order valence-corrected chi connectivity index (χ3v) is 5.66. The molecule has 26 heavy (non-hydrogen) atoms. The smallest absolute Gasteiger partial charge is 0.119 e. The molecule has 6 N–H and O–H groups in total. The van der Waals surface area contributed by atoms with Gasteiger partial charge >= 0.3 is 0 Å². The fraction of sp³-hybridized carbons (Fsp3) is 0.182. The SMILES string of the molecule is Cc1cc(C(Cl)(c2ccc(N)c(C)c2)c2ccc(N)c(C)c2)ccc1N. The van der Waals surface area contributed by atoms with Crippen molar-refractivity contribution in [3.63, 3.8) is 0 Å². The van der Waals surface area contributed by atoms with Crippen LogP contribution >= 0.6 is 11.6 Å². The summed E-state index contributed by atoms with van der Waals surface area (Å²) in [6.07, 6.45) is 0. The Hall–Kier alpha value is -2.65. The zero-order valence-electron chi connectivity index (χ0n) is 15.3. The monoisotopic (exact) mass is 365 g/mol. The molecule has 0 aliphatic heterocycles. The van der Waals surface area contributed by atoms with E-state index in [9.17, 15) is 0 Å². The van der Waals surface area contributed by atoms with Crippen molar-refractivity contribution >= 4 is 28.7 Å². The van der Waals surface area contributed by atoms with E-state index in [2.05, 4.69) is 0 Å². The molecule has 0 spiro atoms. The Bertz CT molecular complexity index is 854. The third-order valence-electron chi connectivity index (χ3n) is 5.00. The maximum atomic E-state index is 7.37. The lowest BCUT2D eigenvalue weighted by Crippen LogP contribution is -2.23. The Morgan fingerprint density at radius 2 is 0.846 bits per heavy atom. The maximum Gasteiger partial charge on any atom is 0.119 e. The quantitative estimate of drug-likeness (QED) is 0.351. The second kappa shape index (κ2) is 6.58. The lowest BCUT2D eigenvalue weighted by atomic mass is 9.82. The molecular weight excluding hydrogens is 342 g/mol. The topological polar surface area (TPSA) is 78.1 Å². The van der Waals surface area contributed by atoms with Crippen molar-refractivity contribution in [2.75, 3.05) is 17.2 Å². The van der Waals surface area contributed by atoms with Gasteiger partial charge < -0.3 is 17.2 Å². The van der Waals surface area contributed by atoms with E-state index in [1.165, 1.54) is 0 Å². The van der Waals surface area contributed by atoms with Crippen LogP contribution < -0.4 is 17.2 Å². The number of benzene rings is 3. The minimum absolute atomic E-state index is 0.745. The van der Waals surface area contributed by atoms with Gasteiger partial charge in [0.25, 0.3) is 0 Å². The number of hydrogen-bond acceptors (Lipinski definition) is 3. The molecule has 0 radical (unpaired) electrons. The molecule has 4 heteroatoms.